The van der Waals surface area contributed by atoms with Crippen LogP contribution >= 0.6 is 23.5 Å². The van der Waals surface area contributed by atoms with Crippen LogP contribution in [0.2, 0.25) is 0 Å². The van der Waals surface area contributed by atoms with E-state index >= 15 is 0 Å². The van der Waals surface area contributed by atoms with Gasteiger partial charge in [0.2, 0.25) is 0 Å². The van der Waals surface area contributed by atoms with Crippen LogP contribution in [0.5, 0.6) is 0 Å². The molecular weight excluding hydrogens is 298 g/mol. The van der Waals surface area contributed by atoms with Gasteiger partial charge in [0, 0.05) is 12.6 Å². The van der Waals surface area contributed by atoms with E-state index in [1.54, 1.807) is 23.5 Å². The van der Waals surface area contributed by atoms with Crippen molar-refractivity contribution in [2.45, 2.75) is 29.9 Å². The lowest BCUT2D eigenvalue weighted by Crippen LogP contribution is -2.07. The Morgan fingerprint density at radius 2 is 1.95 bits per heavy atom. The summed E-state index contributed by atoms with van der Waals surface area (Å²) < 4.78 is 0. The summed E-state index contributed by atoms with van der Waals surface area (Å²) in [5.41, 5.74) is 1.34. The molecule has 21 heavy (non-hydrogen) atoms. The van der Waals surface area contributed by atoms with Gasteiger partial charge in [0.1, 0.15) is 10.8 Å². The van der Waals surface area contributed by atoms with Gasteiger partial charge in [0.15, 0.2) is 5.16 Å². The summed E-state index contributed by atoms with van der Waals surface area (Å²) in [5, 5.41) is 5.29. The van der Waals surface area contributed by atoms with Crippen LogP contribution in [-0.4, -0.2) is 28.5 Å². The van der Waals surface area contributed by atoms with E-state index < -0.39 is 0 Å². The molecule has 0 bridgehead atoms. The molecule has 2 aromatic rings. The van der Waals surface area contributed by atoms with Gasteiger partial charge in [-0.05, 0) is 30.4 Å². The third kappa shape index (κ3) is 5.59. The highest BCUT2D eigenvalue weighted by atomic mass is 32.2. The minimum absolute atomic E-state index is 0.832. The summed E-state index contributed by atoms with van der Waals surface area (Å²) in [6, 6.07) is 12.5. The zero-order chi connectivity index (χ0) is 14.9. The molecule has 0 aliphatic rings. The summed E-state index contributed by atoms with van der Waals surface area (Å²) in [4.78, 5) is 9.05. The highest BCUT2D eigenvalue weighted by molar-refractivity contribution is 7.99. The number of benzene rings is 1. The number of aromatic nitrogens is 2. The van der Waals surface area contributed by atoms with Crippen LogP contribution in [0, 0.1) is 0 Å². The first-order valence-electron chi connectivity index (χ1n) is 7.15. The molecule has 0 spiro atoms. The van der Waals surface area contributed by atoms with Gasteiger partial charge in [0.05, 0.1) is 0 Å². The molecular formula is C16H21N3S2. The molecule has 0 saturated carbocycles. The van der Waals surface area contributed by atoms with Crippen molar-refractivity contribution < 1.29 is 0 Å². The minimum atomic E-state index is 0.832. The number of nitrogens with zero attached hydrogens (tertiary/aromatic N) is 2. The molecule has 5 heteroatoms. The molecule has 3 nitrogen and oxygen atoms in total. The van der Waals surface area contributed by atoms with E-state index in [1.165, 1.54) is 5.56 Å². The molecule has 0 amide bonds. The van der Waals surface area contributed by atoms with Gasteiger partial charge >= 0.3 is 0 Å². The smallest absolute Gasteiger partial charge is 0.190 e. The maximum Gasteiger partial charge on any atom is 0.190 e. The lowest BCUT2D eigenvalue weighted by atomic mass is 10.1. The van der Waals surface area contributed by atoms with Gasteiger partial charge < -0.3 is 5.32 Å². The lowest BCUT2D eigenvalue weighted by Gasteiger charge is -2.09. The van der Waals surface area contributed by atoms with Crippen LogP contribution in [0.15, 0.2) is 46.6 Å². The maximum absolute atomic E-state index is 4.53. The average Bonchev–Trinajstić information content (AvgIpc) is 2.53. The largest absolute Gasteiger partial charge is 0.370 e. The monoisotopic (exact) mass is 319 g/mol. The summed E-state index contributed by atoms with van der Waals surface area (Å²) in [5.74, 6) is 2.01. The Labute approximate surface area is 135 Å². The van der Waals surface area contributed by atoms with E-state index in [-0.39, 0.29) is 0 Å². The number of hydrogen-bond donors (Lipinski definition) is 1. The van der Waals surface area contributed by atoms with Gasteiger partial charge in [-0.2, -0.15) is 0 Å². The van der Waals surface area contributed by atoms with E-state index in [4.69, 9.17) is 0 Å². The molecule has 0 fully saturated rings. The van der Waals surface area contributed by atoms with Crippen LogP contribution in [0.4, 0.5) is 5.82 Å². The quantitative estimate of drug-likeness (QED) is 0.445. The Morgan fingerprint density at radius 1 is 1.14 bits per heavy atom. The molecule has 112 valence electrons. The van der Waals surface area contributed by atoms with Crippen molar-refractivity contribution in [2.75, 3.05) is 23.9 Å². The van der Waals surface area contributed by atoms with Gasteiger partial charge in [0.25, 0.3) is 0 Å². The average molecular weight is 319 g/mol. The Bertz CT molecular complexity index is 546. The minimum Gasteiger partial charge on any atom is -0.370 e. The van der Waals surface area contributed by atoms with Crippen molar-refractivity contribution >= 4 is 29.3 Å². The highest BCUT2D eigenvalue weighted by Gasteiger charge is 2.04. The maximum atomic E-state index is 4.53. The van der Waals surface area contributed by atoms with Gasteiger partial charge in [-0.15, -0.1) is 11.8 Å². The van der Waals surface area contributed by atoms with Crippen LogP contribution in [-0.2, 0) is 6.42 Å². The summed E-state index contributed by atoms with van der Waals surface area (Å²) >= 11 is 3.37. The molecule has 0 atom stereocenters. The Kier molecular flexibility index (Phi) is 6.89. The summed E-state index contributed by atoms with van der Waals surface area (Å²) in [6.07, 6.45) is 4.16. The van der Waals surface area contributed by atoms with Crippen LogP contribution < -0.4 is 5.32 Å². The summed E-state index contributed by atoms with van der Waals surface area (Å²) in [7, 11) is 0. The second-order valence-corrected chi connectivity index (χ2v) is 6.48. The van der Waals surface area contributed by atoms with Crippen molar-refractivity contribution in [3.63, 3.8) is 0 Å². The summed E-state index contributed by atoms with van der Waals surface area (Å²) in [6.45, 7) is 3.06. The molecule has 0 saturated heterocycles. The van der Waals surface area contributed by atoms with Crippen LogP contribution in [0.25, 0.3) is 0 Å². The van der Waals surface area contributed by atoms with E-state index in [0.29, 0.717) is 0 Å². The molecule has 0 aliphatic heterocycles. The van der Waals surface area contributed by atoms with Crippen molar-refractivity contribution in [3.8, 4) is 0 Å². The van der Waals surface area contributed by atoms with Gasteiger partial charge in [-0.25, -0.2) is 9.97 Å². The fourth-order valence-electron chi connectivity index (χ4n) is 1.85. The van der Waals surface area contributed by atoms with Crippen molar-refractivity contribution in [1.82, 2.24) is 9.97 Å². The molecule has 1 N–H and O–H groups in total. The molecule has 0 radical (unpaired) electrons. The predicted molar refractivity (Wildman–Crippen MR) is 93.5 cm³/mol. The third-order valence-electron chi connectivity index (χ3n) is 2.88. The Morgan fingerprint density at radius 3 is 2.67 bits per heavy atom. The van der Waals surface area contributed by atoms with E-state index in [2.05, 4.69) is 46.5 Å². The van der Waals surface area contributed by atoms with E-state index in [9.17, 15) is 0 Å². The van der Waals surface area contributed by atoms with Crippen LogP contribution in [0.1, 0.15) is 18.9 Å². The van der Waals surface area contributed by atoms with Crippen molar-refractivity contribution in [3.05, 3.63) is 42.0 Å². The lowest BCUT2D eigenvalue weighted by molar-refractivity contribution is 0.882. The standard InChI is InChI=1S/C16H21N3S2/c1-3-11-21-15-12-14(18-16(19-15)20-2)17-10-9-13-7-5-4-6-8-13/h4-8,12H,3,9-11H2,1-2H3,(H,17,18,19). The fraction of sp³-hybridized carbons (Fsp3) is 0.375. The first-order valence-corrected chi connectivity index (χ1v) is 9.36. The number of nitrogens with one attached hydrogen (secondary N) is 1. The predicted octanol–water partition coefficient (Wildman–Crippen LogP) is 4.36. The van der Waals surface area contributed by atoms with Crippen LogP contribution in [0.3, 0.4) is 0 Å². The van der Waals surface area contributed by atoms with Crippen molar-refractivity contribution in [2.24, 2.45) is 0 Å². The molecule has 1 heterocycles. The first-order chi connectivity index (χ1) is 10.3. The Balaban J connectivity index is 1.95. The topological polar surface area (TPSA) is 37.8 Å². The number of anilines is 1. The zero-order valence-corrected chi connectivity index (χ0v) is 14.1. The molecule has 1 aromatic heterocycles. The van der Waals surface area contributed by atoms with Crippen molar-refractivity contribution in [1.29, 1.82) is 0 Å². The number of rotatable bonds is 8. The van der Waals surface area contributed by atoms with Gasteiger partial charge in [-0.3, -0.25) is 0 Å². The van der Waals surface area contributed by atoms with E-state index in [1.807, 2.05) is 18.4 Å². The second kappa shape index (κ2) is 8.95. The number of hydrogen-bond acceptors (Lipinski definition) is 5. The SMILES string of the molecule is CCCSc1cc(NCCc2ccccc2)nc(SC)n1. The second-order valence-electron chi connectivity index (χ2n) is 4.59. The van der Waals surface area contributed by atoms with E-state index in [0.717, 1.165) is 41.1 Å². The zero-order valence-electron chi connectivity index (χ0n) is 12.5. The molecule has 0 unspecified atom stereocenters. The molecule has 0 aliphatic carbocycles. The number of thioether (sulfide) groups is 2. The third-order valence-corrected chi connectivity index (χ3v) is 4.55. The molecule has 2 rings (SSSR count). The molecule has 1 aromatic carbocycles. The normalized spacial score (nSPS) is 10.6. The highest BCUT2D eigenvalue weighted by Crippen LogP contribution is 2.22. The Hall–Kier alpha value is -1.20. The fourth-order valence-corrected chi connectivity index (χ4v) is 3.04. The van der Waals surface area contributed by atoms with Gasteiger partial charge in [-0.1, -0.05) is 49.0 Å². The first kappa shape index (κ1) is 16.2.